The summed E-state index contributed by atoms with van der Waals surface area (Å²) in [6, 6.07) is 1.86. The molecule has 0 spiro atoms. The number of aryl methyl sites for hydroxylation is 1. The Bertz CT molecular complexity index is 704. The van der Waals surface area contributed by atoms with Crippen LogP contribution in [0.25, 0.3) is 0 Å². The first-order chi connectivity index (χ1) is 12.7. The van der Waals surface area contributed by atoms with E-state index in [2.05, 4.69) is 20.7 Å². The van der Waals surface area contributed by atoms with E-state index in [0.717, 1.165) is 13.0 Å². The quantitative estimate of drug-likeness (QED) is 0.239. The lowest BCUT2D eigenvalue weighted by atomic mass is 9.98. The number of halogens is 4. The van der Waals surface area contributed by atoms with Gasteiger partial charge in [-0.15, -0.1) is 24.0 Å². The van der Waals surface area contributed by atoms with Crippen LogP contribution in [0.1, 0.15) is 19.3 Å². The highest BCUT2D eigenvalue weighted by atomic mass is 127. The molecule has 0 unspecified atom stereocenters. The maximum Gasteiger partial charge on any atom is 0.511 e. The van der Waals surface area contributed by atoms with Crippen molar-refractivity contribution in [1.82, 2.24) is 24.7 Å². The van der Waals surface area contributed by atoms with Crippen LogP contribution in [0.3, 0.4) is 0 Å². The summed E-state index contributed by atoms with van der Waals surface area (Å²) in [6.07, 6.45) is 5.21. The molecule has 162 valence electrons. The summed E-state index contributed by atoms with van der Waals surface area (Å²) in [5, 5.41) is 10.4. The lowest BCUT2D eigenvalue weighted by Crippen LogP contribution is -2.47. The molecule has 28 heavy (non-hydrogen) atoms. The zero-order valence-electron chi connectivity index (χ0n) is 15.5. The molecule has 0 aliphatic carbocycles. The minimum atomic E-state index is -5.24. The highest BCUT2D eigenvalue weighted by Crippen LogP contribution is 2.30. The van der Waals surface area contributed by atoms with E-state index in [-0.39, 0.29) is 43.0 Å². The largest absolute Gasteiger partial charge is 0.511 e. The Balaban J connectivity index is 0.00000392. The predicted octanol–water partition coefficient (Wildman–Crippen LogP) is 1.62. The van der Waals surface area contributed by atoms with Crippen LogP contribution in [0.5, 0.6) is 0 Å². The van der Waals surface area contributed by atoms with Gasteiger partial charge in [0.25, 0.3) is 0 Å². The van der Waals surface area contributed by atoms with Crippen LogP contribution >= 0.6 is 24.0 Å². The smallest absolute Gasteiger partial charge is 0.356 e. The van der Waals surface area contributed by atoms with Crippen LogP contribution in [-0.4, -0.2) is 67.2 Å². The number of nitrogens with zero attached hydrogens (tertiary/aromatic N) is 4. The van der Waals surface area contributed by atoms with Crippen molar-refractivity contribution in [2.75, 3.05) is 33.2 Å². The molecule has 0 atom stereocenters. The summed E-state index contributed by atoms with van der Waals surface area (Å²) in [6.45, 7) is 1.76. The van der Waals surface area contributed by atoms with Crippen molar-refractivity contribution in [2.45, 2.75) is 31.3 Å². The zero-order chi connectivity index (χ0) is 19.9. The van der Waals surface area contributed by atoms with Gasteiger partial charge in [-0.1, -0.05) is 0 Å². The minimum Gasteiger partial charge on any atom is -0.356 e. The van der Waals surface area contributed by atoms with Gasteiger partial charge in [0.1, 0.15) is 0 Å². The average Bonchev–Trinajstić information content (AvgIpc) is 3.14. The van der Waals surface area contributed by atoms with Crippen molar-refractivity contribution in [2.24, 2.45) is 10.9 Å². The van der Waals surface area contributed by atoms with Crippen molar-refractivity contribution < 1.29 is 21.6 Å². The van der Waals surface area contributed by atoms with E-state index in [4.69, 9.17) is 0 Å². The SMILES string of the molecule is CN=C(NCCCn1cccn1)NCC1CCN(S(=O)(=O)C(F)(F)F)CC1.I. The second-order valence-corrected chi connectivity index (χ2v) is 8.23. The van der Waals surface area contributed by atoms with Crippen LogP contribution in [-0.2, 0) is 16.6 Å². The molecule has 13 heteroatoms. The molecule has 0 bridgehead atoms. The highest BCUT2D eigenvalue weighted by Gasteiger charge is 2.50. The molecule has 2 N–H and O–H groups in total. The molecule has 1 aliphatic rings. The summed E-state index contributed by atoms with van der Waals surface area (Å²) in [7, 11) is -3.58. The van der Waals surface area contributed by atoms with Crippen LogP contribution in [0, 0.1) is 5.92 Å². The third kappa shape index (κ3) is 7.06. The number of alkyl halides is 3. The van der Waals surface area contributed by atoms with E-state index >= 15 is 0 Å². The topological polar surface area (TPSA) is 91.6 Å². The van der Waals surface area contributed by atoms with Crippen molar-refractivity contribution in [3.63, 3.8) is 0 Å². The van der Waals surface area contributed by atoms with E-state index < -0.39 is 15.5 Å². The lowest BCUT2D eigenvalue weighted by Gasteiger charge is -2.31. The van der Waals surface area contributed by atoms with E-state index in [9.17, 15) is 21.6 Å². The summed E-state index contributed by atoms with van der Waals surface area (Å²) < 4.78 is 62.9. The van der Waals surface area contributed by atoms with Gasteiger partial charge in [-0.05, 0) is 31.2 Å². The first-order valence-corrected chi connectivity index (χ1v) is 10.2. The number of rotatable bonds is 7. The van der Waals surface area contributed by atoms with Crippen LogP contribution in [0.2, 0.25) is 0 Å². The van der Waals surface area contributed by atoms with Gasteiger partial charge in [0, 0.05) is 52.2 Å². The molecule has 1 aromatic rings. The molecule has 1 aromatic heterocycles. The maximum atomic E-state index is 12.6. The molecule has 8 nitrogen and oxygen atoms in total. The average molecular weight is 538 g/mol. The lowest BCUT2D eigenvalue weighted by molar-refractivity contribution is -0.0496. The number of aliphatic imine (C=N–C) groups is 1. The number of guanidine groups is 1. The molecule has 2 rings (SSSR count). The minimum absolute atomic E-state index is 0. The van der Waals surface area contributed by atoms with Gasteiger partial charge >= 0.3 is 15.5 Å². The Kier molecular flexibility index (Phi) is 9.97. The maximum absolute atomic E-state index is 12.6. The highest BCUT2D eigenvalue weighted by molar-refractivity contribution is 14.0. The molecular weight excluding hydrogens is 512 g/mol. The molecule has 0 saturated carbocycles. The van der Waals surface area contributed by atoms with E-state index in [0.29, 0.717) is 36.2 Å². The molecule has 1 aliphatic heterocycles. The summed E-state index contributed by atoms with van der Waals surface area (Å²) >= 11 is 0. The van der Waals surface area contributed by atoms with Crippen LogP contribution < -0.4 is 10.6 Å². The Hall–Kier alpha value is -1.09. The van der Waals surface area contributed by atoms with Gasteiger partial charge in [0.05, 0.1) is 0 Å². The standard InChI is InChI=1S/C15H25F3N6O2S.HI/c1-19-14(20-6-2-8-23-9-3-7-22-23)21-12-13-4-10-24(11-5-13)27(25,26)15(16,17)18;/h3,7,9,13H,2,4-6,8,10-12H2,1H3,(H2,19,20,21);1H. The Labute approximate surface area is 180 Å². The normalized spacial score (nSPS) is 17.2. The third-order valence-electron chi connectivity index (χ3n) is 4.40. The molecular formula is C15H26F3IN6O2S. The summed E-state index contributed by atoms with van der Waals surface area (Å²) in [5.74, 6) is 0.702. The number of hydrogen-bond acceptors (Lipinski definition) is 4. The Morgan fingerprint density at radius 2 is 1.96 bits per heavy atom. The summed E-state index contributed by atoms with van der Waals surface area (Å²) in [5.41, 5.74) is -5.24. The third-order valence-corrected chi connectivity index (χ3v) is 6.03. The van der Waals surface area contributed by atoms with Crippen LogP contribution in [0.4, 0.5) is 13.2 Å². The van der Waals surface area contributed by atoms with Gasteiger partial charge < -0.3 is 10.6 Å². The molecule has 1 saturated heterocycles. The molecule has 0 amide bonds. The van der Waals surface area contributed by atoms with E-state index in [1.165, 1.54) is 0 Å². The summed E-state index contributed by atoms with van der Waals surface area (Å²) in [4.78, 5) is 4.11. The first-order valence-electron chi connectivity index (χ1n) is 8.72. The monoisotopic (exact) mass is 538 g/mol. The number of nitrogens with one attached hydrogen (secondary N) is 2. The van der Waals surface area contributed by atoms with Crippen molar-refractivity contribution in [3.8, 4) is 0 Å². The number of piperidine rings is 1. The van der Waals surface area contributed by atoms with E-state index in [1.807, 2.05) is 16.9 Å². The Morgan fingerprint density at radius 3 is 2.50 bits per heavy atom. The molecule has 0 radical (unpaired) electrons. The number of aromatic nitrogens is 2. The predicted molar refractivity (Wildman–Crippen MR) is 111 cm³/mol. The fraction of sp³-hybridized carbons (Fsp3) is 0.733. The fourth-order valence-corrected chi connectivity index (χ4v) is 3.83. The second-order valence-electron chi connectivity index (χ2n) is 6.30. The molecule has 2 heterocycles. The number of sulfonamides is 1. The van der Waals surface area contributed by atoms with Gasteiger partial charge in [-0.25, -0.2) is 8.42 Å². The number of hydrogen-bond donors (Lipinski definition) is 2. The van der Waals surface area contributed by atoms with E-state index in [1.54, 1.807) is 13.2 Å². The van der Waals surface area contributed by atoms with Crippen molar-refractivity contribution in [3.05, 3.63) is 18.5 Å². The molecule has 0 aromatic carbocycles. The fourth-order valence-electron chi connectivity index (χ4n) is 2.84. The molecule has 1 fully saturated rings. The van der Waals surface area contributed by atoms with Crippen molar-refractivity contribution in [1.29, 1.82) is 0 Å². The van der Waals surface area contributed by atoms with Gasteiger partial charge in [0.15, 0.2) is 5.96 Å². The van der Waals surface area contributed by atoms with Crippen molar-refractivity contribution >= 4 is 40.0 Å². The Morgan fingerprint density at radius 1 is 1.29 bits per heavy atom. The van der Waals surface area contributed by atoms with Gasteiger partial charge in [-0.3, -0.25) is 9.67 Å². The van der Waals surface area contributed by atoms with Gasteiger partial charge in [0.2, 0.25) is 0 Å². The second kappa shape index (κ2) is 11.2. The first kappa shape index (κ1) is 24.9. The zero-order valence-corrected chi connectivity index (χ0v) is 18.7. The van der Waals surface area contributed by atoms with Gasteiger partial charge in [-0.2, -0.15) is 22.6 Å². The van der Waals surface area contributed by atoms with Crippen LogP contribution in [0.15, 0.2) is 23.5 Å².